The van der Waals surface area contributed by atoms with Crippen LogP contribution in [0.25, 0.3) is 55.0 Å². The van der Waals surface area contributed by atoms with Gasteiger partial charge in [0.05, 0.1) is 16.6 Å². The highest BCUT2D eigenvalue weighted by atomic mass is 16.5. The van der Waals surface area contributed by atoms with E-state index in [1.54, 1.807) is 0 Å². The van der Waals surface area contributed by atoms with Gasteiger partial charge >= 0.3 is 0 Å². The van der Waals surface area contributed by atoms with Crippen LogP contribution >= 0.6 is 0 Å². The lowest BCUT2D eigenvalue weighted by Gasteiger charge is -2.34. The average Bonchev–Trinajstić information content (AvgIpc) is 3.59. The molecule has 0 amide bonds. The van der Waals surface area contributed by atoms with Crippen molar-refractivity contribution in [1.29, 1.82) is 0 Å². The average molecular weight is 621 g/mol. The van der Waals surface area contributed by atoms with Gasteiger partial charge in [-0.15, -0.1) is 0 Å². The number of aromatic nitrogens is 2. The van der Waals surface area contributed by atoms with Gasteiger partial charge in [0.25, 0.3) is 6.71 Å². The molecule has 4 heterocycles. The lowest BCUT2D eigenvalue weighted by atomic mass is 9.34. The second-order valence-corrected chi connectivity index (χ2v) is 15.8. The molecule has 0 radical (unpaired) electrons. The fourth-order valence-electron chi connectivity index (χ4n) is 8.53. The zero-order valence-corrected chi connectivity index (χ0v) is 28.3. The Labute approximate surface area is 281 Å². The van der Waals surface area contributed by atoms with Crippen LogP contribution in [0.2, 0.25) is 0 Å². The molecule has 8 aromatic rings. The molecule has 2 aliphatic heterocycles. The first kappa shape index (κ1) is 27.9. The topological polar surface area (TPSA) is 19.1 Å². The molecule has 3 nitrogen and oxygen atoms in total. The van der Waals surface area contributed by atoms with Crippen LogP contribution in [-0.4, -0.2) is 15.8 Å². The van der Waals surface area contributed by atoms with Crippen molar-refractivity contribution in [3.05, 3.63) is 126 Å². The first-order chi connectivity index (χ1) is 23.1. The third-order valence-corrected chi connectivity index (χ3v) is 10.9. The number of nitrogens with zero attached hydrogens (tertiary/aromatic N) is 2. The van der Waals surface area contributed by atoms with E-state index in [1.807, 2.05) is 0 Å². The van der Waals surface area contributed by atoms with E-state index in [0.717, 1.165) is 11.5 Å². The predicted octanol–water partition coefficient (Wildman–Crippen LogP) is 9.41. The molecule has 0 N–H and O–H groups in total. The molecule has 232 valence electrons. The molecule has 4 heteroatoms. The van der Waals surface area contributed by atoms with E-state index in [9.17, 15) is 0 Å². The monoisotopic (exact) mass is 620 g/mol. The van der Waals surface area contributed by atoms with Gasteiger partial charge in [-0.2, -0.15) is 0 Å². The van der Waals surface area contributed by atoms with Crippen molar-refractivity contribution in [1.82, 2.24) is 9.13 Å². The van der Waals surface area contributed by atoms with Crippen LogP contribution in [-0.2, 0) is 10.8 Å². The SMILES string of the molecule is CC(C)(C)c1ccc(-n2c3ccccc3c3c2ccc2c4cccc5c4n(c23)-c2cccc3c2B5c2cc(C(C)(C)C)ccc2O3)cc1. The number of rotatable bonds is 1. The van der Waals surface area contributed by atoms with Crippen molar-refractivity contribution in [2.45, 2.75) is 52.4 Å². The molecule has 2 aliphatic rings. The summed E-state index contributed by atoms with van der Waals surface area (Å²) in [4.78, 5) is 0. The van der Waals surface area contributed by atoms with Gasteiger partial charge < -0.3 is 13.9 Å². The van der Waals surface area contributed by atoms with E-state index in [4.69, 9.17) is 4.74 Å². The Morgan fingerprint density at radius 1 is 0.521 bits per heavy atom. The summed E-state index contributed by atoms with van der Waals surface area (Å²) >= 11 is 0. The van der Waals surface area contributed by atoms with Gasteiger partial charge in [-0.25, -0.2) is 0 Å². The molecule has 6 aromatic carbocycles. The summed E-state index contributed by atoms with van der Waals surface area (Å²) in [5, 5.41) is 5.13. The third-order valence-electron chi connectivity index (χ3n) is 10.9. The van der Waals surface area contributed by atoms with Crippen LogP contribution in [0.3, 0.4) is 0 Å². The van der Waals surface area contributed by atoms with Crippen molar-refractivity contribution < 1.29 is 4.74 Å². The number of benzene rings is 6. The van der Waals surface area contributed by atoms with Gasteiger partial charge in [-0.3, -0.25) is 0 Å². The van der Waals surface area contributed by atoms with E-state index >= 15 is 0 Å². The van der Waals surface area contributed by atoms with Gasteiger partial charge in [0.1, 0.15) is 11.5 Å². The zero-order valence-electron chi connectivity index (χ0n) is 28.3. The molecule has 0 spiro atoms. The summed E-state index contributed by atoms with van der Waals surface area (Å²) < 4.78 is 11.7. The first-order valence-electron chi connectivity index (χ1n) is 17.2. The minimum absolute atomic E-state index is 0.0390. The summed E-state index contributed by atoms with van der Waals surface area (Å²) in [6.07, 6.45) is 0. The van der Waals surface area contributed by atoms with Crippen LogP contribution in [0.15, 0.2) is 115 Å². The van der Waals surface area contributed by atoms with Gasteiger partial charge in [0.15, 0.2) is 0 Å². The number of fused-ring (bicyclic) bond motifs is 11. The van der Waals surface area contributed by atoms with Crippen molar-refractivity contribution in [2.24, 2.45) is 0 Å². The Morgan fingerprint density at radius 2 is 1.23 bits per heavy atom. The maximum absolute atomic E-state index is 6.73. The maximum atomic E-state index is 6.73. The van der Waals surface area contributed by atoms with E-state index in [2.05, 4.69) is 166 Å². The Kier molecular flexibility index (Phi) is 5.36. The summed E-state index contributed by atoms with van der Waals surface area (Å²) in [5.74, 6) is 1.91. The van der Waals surface area contributed by atoms with Crippen LogP contribution in [0.5, 0.6) is 11.5 Å². The van der Waals surface area contributed by atoms with Crippen molar-refractivity contribution in [3.8, 4) is 22.9 Å². The number of hydrogen-bond acceptors (Lipinski definition) is 1. The van der Waals surface area contributed by atoms with Crippen LogP contribution in [0.4, 0.5) is 0 Å². The highest BCUT2D eigenvalue weighted by molar-refractivity contribution is 6.99. The number of para-hydroxylation sites is 2. The lowest BCUT2D eigenvalue weighted by Crippen LogP contribution is -2.58. The Morgan fingerprint density at radius 3 is 2.02 bits per heavy atom. The maximum Gasteiger partial charge on any atom is 0.256 e. The Hall–Kier alpha value is -5.22. The second kappa shape index (κ2) is 9.23. The van der Waals surface area contributed by atoms with Crippen LogP contribution in [0, 0.1) is 0 Å². The molecule has 0 bridgehead atoms. The molecule has 0 saturated carbocycles. The fourth-order valence-corrected chi connectivity index (χ4v) is 8.53. The minimum Gasteiger partial charge on any atom is -0.458 e. The van der Waals surface area contributed by atoms with E-state index in [1.165, 1.54) is 82.5 Å². The molecule has 10 rings (SSSR count). The molecule has 0 unspecified atom stereocenters. The molecule has 0 aliphatic carbocycles. The molecule has 2 aromatic heterocycles. The van der Waals surface area contributed by atoms with Crippen molar-refractivity contribution in [2.75, 3.05) is 0 Å². The van der Waals surface area contributed by atoms with Gasteiger partial charge in [-0.1, -0.05) is 114 Å². The third kappa shape index (κ3) is 3.61. The van der Waals surface area contributed by atoms with E-state index in [-0.39, 0.29) is 17.5 Å². The highest BCUT2D eigenvalue weighted by Crippen LogP contribution is 2.44. The normalized spacial score (nSPS) is 13.8. The number of ether oxygens (including phenoxy) is 1. The Bertz CT molecular complexity index is 2660. The minimum atomic E-state index is 0.0390. The van der Waals surface area contributed by atoms with Crippen LogP contribution in [0.1, 0.15) is 52.7 Å². The molecule has 0 fully saturated rings. The number of hydrogen-bond donors (Lipinski definition) is 0. The second-order valence-electron chi connectivity index (χ2n) is 15.8. The molecular weight excluding hydrogens is 583 g/mol. The van der Waals surface area contributed by atoms with Gasteiger partial charge in [-0.05, 0) is 80.8 Å². The largest absolute Gasteiger partial charge is 0.458 e. The molecular formula is C44H37BN2O. The highest BCUT2D eigenvalue weighted by Gasteiger charge is 2.41. The fraction of sp³-hybridized carbons (Fsp3) is 0.182. The van der Waals surface area contributed by atoms with Gasteiger partial charge in [0, 0.05) is 38.4 Å². The van der Waals surface area contributed by atoms with Gasteiger partial charge in [0.2, 0.25) is 0 Å². The van der Waals surface area contributed by atoms with E-state index < -0.39 is 0 Å². The Balaban J connectivity index is 1.33. The smallest absolute Gasteiger partial charge is 0.256 e. The van der Waals surface area contributed by atoms with E-state index in [0.29, 0.717) is 0 Å². The summed E-state index contributed by atoms with van der Waals surface area (Å²) in [5.41, 5.74) is 14.1. The van der Waals surface area contributed by atoms with Crippen molar-refractivity contribution >= 4 is 66.7 Å². The lowest BCUT2D eigenvalue weighted by molar-refractivity contribution is 0.486. The summed E-state index contributed by atoms with van der Waals surface area (Å²) in [6.45, 7) is 13.8. The van der Waals surface area contributed by atoms with Crippen molar-refractivity contribution in [3.63, 3.8) is 0 Å². The standard InChI is InChI=1S/C44H37BN2O/c1-43(2,3)26-17-20-28(21-18-26)46-34-14-8-7-11-31(34)39-35(46)23-22-30-29-12-9-13-32-41(29)47(42(30)39)36-15-10-16-38-40(36)45(32)33-25-27(44(4,5)6)19-24-37(33)48-38/h7-25H,1-6H3. The predicted molar refractivity (Wildman–Crippen MR) is 204 cm³/mol. The molecule has 48 heavy (non-hydrogen) atoms. The first-order valence-corrected chi connectivity index (χ1v) is 17.2. The summed E-state index contributed by atoms with van der Waals surface area (Å²) in [7, 11) is 0. The van der Waals surface area contributed by atoms with Crippen LogP contribution < -0.4 is 21.1 Å². The molecule has 0 saturated heterocycles. The summed E-state index contributed by atoms with van der Waals surface area (Å²) in [6, 6.07) is 43.1. The quantitative estimate of drug-likeness (QED) is 0.167. The molecule has 0 atom stereocenters. The zero-order chi connectivity index (χ0) is 32.7.